The summed E-state index contributed by atoms with van der Waals surface area (Å²) in [6, 6.07) is 8.71. The predicted octanol–water partition coefficient (Wildman–Crippen LogP) is 3.89. The molecule has 6 nitrogen and oxygen atoms in total. The van der Waals surface area contributed by atoms with E-state index in [-0.39, 0.29) is 35.2 Å². The molecule has 2 heterocycles. The van der Waals surface area contributed by atoms with Gasteiger partial charge in [0.15, 0.2) is 5.96 Å². The van der Waals surface area contributed by atoms with Gasteiger partial charge >= 0.3 is 0 Å². The Hall–Kier alpha value is -1.65. The fourth-order valence-corrected chi connectivity index (χ4v) is 4.01. The maximum atomic E-state index is 13.4. The Balaban J connectivity index is 0.00000363. The zero-order valence-corrected chi connectivity index (χ0v) is 22.2. The number of aliphatic imine (C=N–C) groups is 1. The van der Waals surface area contributed by atoms with Gasteiger partial charge in [-0.05, 0) is 36.4 Å². The normalized spacial score (nSPS) is 15.3. The van der Waals surface area contributed by atoms with Crippen molar-refractivity contribution >= 4 is 47.4 Å². The minimum atomic E-state index is -0.331. The highest BCUT2D eigenvalue weighted by Crippen LogP contribution is 2.29. The first-order valence-electron chi connectivity index (χ1n) is 10.6. The second-order valence-corrected chi connectivity index (χ2v) is 9.01. The van der Waals surface area contributed by atoms with Crippen LogP contribution in [0.15, 0.2) is 41.5 Å². The minimum Gasteiger partial charge on any atom is -0.356 e. The van der Waals surface area contributed by atoms with Gasteiger partial charge in [0, 0.05) is 63.0 Å². The summed E-state index contributed by atoms with van der Waals surface area (Å²) in [5, 5.41) is 7.10. The molecule has 1 aromatic heterocycles. The van der Waals surface area contributed by atoms with Crippen molar-refractivity contribution in [2.75, 3.05) is 51.7 Å². The number of benzene rings is 1. The van der Waals surface area contributed by atoms with E-state index in [0.717, 1.165) is 43.1 Å². The molecule has 0 atom stereocenters. The monoisotopic (exact) mass is 574 g/mol. The zero-order chi connectivity index (χ0) is 22.4. The molecule has 0 radical (unpaired) electrons. The molecule has 1 aliphatic heterocycles. The van der Waals surface area contributed by atoms with Crippen LogP contribution in [-0.2, 0) is 12.0 Å². The van der Waals surface area contributed by atoms with Crippen molar-refractivity contribution < 1.29 is 4.39 Å². The third kappa shape index (κ3) is 7.18. The lowest BCUT2D eigenvalue weighted by atomic mass is 9.84. The van der Waals surface area contributed by atoms with E-state index >= 15 is 0 Å². The van der Waals surface area contributed by atoms with E-state index in [9.17, 15) is 4.39 Å². The van der Waals surface area contributed by atoms with E-state index in [1.54, 1.807) is 13.1 Å². The van der Waals surface area contributed by atoms with E-state index in [4.69, 9.17) is 11.6 Å². The molecule has 176 valence electrons. The molecule has 0 unspecified atom stereocenters. The number of hydrogen-bond donors (Lipinski definition) is 2. The fourth-order valence-electron chi connectivity index (χ4n) is 3.59. The lowest BCUT2D eigenvalue weighted by Crippen LogP contribution is -2.44. The average Bonchev–Trinajstić information content (AvgIpc) is 2.74. The van der Waals surface area contributed by atoms with Gasteiger partial charge in [-0.3, -0.25) is 4.99 Å². The van der Waals surface area contributed by atoms with Crippen LogP contribution in [0.2, 0.25) is 5.02 Å². The number of guanidine groups is 1. The number of rotatable bonds is 6. The predicted molar refractivity (Wildman–Crippen MR) is 142 cm³/mol. The Morgan fingerprint density at radius 1 is 1.16 bits per heavy atom. The molecule has 3 rings (SSSR count). The summed E-state index contributed by atoms with van der Waals surface area (Å²) in [7, 11) is 3.89. The molecular formula is C23H33ClFIN6. The maximum Gasteiger partial charge on any atom is 0.191 e. The topological polar surface area (TPSA) is 55.8 Å². The number of halogens is 3. The van der Waals surface area contributed by atoms with E-state index < -0.39 is 0 Å². The summed E-state index contributed by atoms with van der Waals surface area (Å²) in [6.45, 7) is 9.47. The molecule has 0 bridgehead atoms. The highest BCUT2D eigenvalue weighted by Gasteiger charge is 2.24. The number of aromatic nitrogens is 1. The molecule has 1 fully saturated rings. The van der Waals surface area contributed by atoms with E-state index in [1.807, 2.05) is 6.20 Å². The van der Waals surface area contributed by atoms with Crippen molar-refractivity contribution in [1.29, 1.82) is 0 Å². The van der Waals surface area contributed by atoms with Crippen molar-refractivity contribution in [2.24, 2.45) is 4.99 Å². The number of hydrogen-bond acceptors (Lipinski definition) is 4. The molecule has 1 saturated heterocycles. The van der Waals surface area contributed by atoms with Gasteiger partial charge in [0.1, 0.15) is 11.6 Å². The molecule has 0 amide bonds. The van der Waals surface area contributed by atoms with Crippen LogP contribution >= 0.6 is 35.6 Å². The largest absolute Gasteiger partial charge is 0.356 e. The van der Waals surface area contributed by atoms with Crippen LogP contribution in [0, 0.1) is 5.82 Å². The summed E-state index contributed by atoms with van der Waals surface area (Å²) >= 11 is 6.25. The van der Waals surface area contributed by atoms with Crippen LogP contribution in [0.4, 0.5) is 10.2 Å². The summed E-state index contributed by atoms with van der Waals surface area (Å²) in [5.74, 6) is 1.38. The van der Waals surface area contributed by atoms with Gasteiger partial charge in [-0.1, -0.05) is 37.6 Å². The van der Waals surface area contributed by atoms with Crippen molar-refractivity contribution in [3.05, 3.63) is 58.5 Å². The molecule has 0 aliphatic carbocycles. The lowest BCUT2D eigenvalue weighted by molar-refractivity contribution is 0.312. The molecule has 2 aromatic rings. The molecular weight excluding hydrogens is 542 g/mol. The van der Waals surface area contributed by atoms with Crippen LogP contribution in [0.25, 0.3) is 0 Å². The zero-order valence-electron chi connectivity index (χ0n) is 19.2. The fraction of sp³-hybridized carbons (Fsp3) is 0.478. The first kappa shape index (κ1) is 26.6. The van der Waals surface area contributed by atoms with Crippen LogP contribution in [0.5, 0.6) is 0 Å². The van der Waals surface area contributed by atoms with Gasteiger partial charge in [0.25, 0.3) is 0 Å². The summed E-state index contributed by atoms with van der Waals surface area (Å²) in [4.78, 5) is 13.6. The first-order valence-corrected chi connectivity index (χ1v) is 10.9. The number of nitrogens with zero attached hydrogens (tertiary/aromatic N) is 4. The van der Waals surface area contributed by atoms with Gasteiger partial charge in [-0.2, -0.15) is 0 Å². The van der Waals surface area contributed by atoms with Crippen molar-refractivity contribution in [2.45, 2.75) is 25.8 Å². The molecule has 9 heteroatoms. The molecule has 32 heavy (non-hydrogen) atoms. The molecule has 1 aliphatic rings. The number of pyridine rings is 1. The van der Waals surface area contributed by atoms with Gasteiger partial charge in [-0.25, -0.2) is 9.37 Å². The van der Waals surface area contributed by atoms with E-state index in [0.29, 0.717) is 24.1 Å². The summed E-state index contributed by atoms with van der Waals surface area (Å²) < 4.78 is 13.4. The van der Waals surface area contributed by atoms with E-state index in [2.05, 4.69) is 63.4 Å². The van der Waals surface area contributed by atoms with Crippen LogP contribution in [0.1, 0.15) is 25.0 Å². The first-order chi connectivity index (χ1) is 14.8. The van der Waals surface area contributed by atoms with Gasteiger partial charge in [0.2, 0.25) is 0 Å². The quantitative estimate of drug-likeness (QED) is 0.312. The second-order valence-electron chi connectivity index (χ2n) is 8.60. The highest BCUT2D eigenvalue weighted by molar-refractivity contribution is 14.0. The van der Waals surface area contributed by atoms with Crippen LogP contribution in [-0.4, -0.2) is 62.7 Å². The third-order valence-corrected chi connectivity index (χ3v) is 5.99. The van der Waals surface area contributed by atoms with Gasteiger partial charge in [0.05, 0.1) is 0 Å². The SMILES string of the molecule is CN=C(NCc1ccc(N2CCN(C)CC2)nc1)NCC(C)(C)c1ccc(F)cc1Cl.I. The Morgan fingerprint density at radius 3 is 2.47 bits per heavy atom. The van der Waals surface area contributed by atoms with Crippen molar-refractivity contribution in [1.82, 2.24) is 20.5 Å². The molecule has 0 saturated carbocycles. The van der Waals surface area contributed by atoms with Crippen LogP contribution in [0.3, 0.4) is 0 Å². The van der Waals surface area contributed by atoms with E-state index in [1.165, 1.54) is 12.1 Å². The summed E-state index contributed by atoms with van der Waals surface area (Å²) in [6.07, 6.45) is 1.91. The Kier molecular flexibility index (Phi) is 9.97. The molecule has 1 aromatic carbocycles. The highest BCUT2D eigenvalue weighted by atomic mass is 127. The number of anilines is 1. The molecule has 0 spiro atoms. The van der Waals surface area contributed by atoms with Gasteiger partial charge < -0.3 is 20.4 Å². The summed E-state index contributed by atoms with van der Waals surface area (Å²) in [5.41, 5.74) is 1.68. The minimum absolute atomic E-state index is 0. The van der Waals surface area contributed by atoms with Gasteiger partial charge in [-0.15, -0.1) is 24.0 Å². The molecule has 2 N–H and O–H groups in total. The van der Waals surface area contributed by atoms with Crippen molar-refractivity contribution in [3.8, 4) is 0 Å². The van der Waals surface area contributed by atoms with Crippen molar-refractivity contribution in [3.63, 3.8) is 0 Å². The number of nitrogens with one attached hydrogen (secondary N) is 2. The smallest absolute Gasteiger partial charge is 0.191 e. The number of likely N-dealkylation sites (N-methyl/N-ethyl adjacent to an activating group) is 1. The Labute approximate surface area is 212 Å². The lowest BCUT2D eigenvalue weighted by Gasteiger charge is -2.33. The second kappa shape index (κ2) is 12.0. The average molecular weight is 575 g/mol. The van der Waals surface area contributed by atoms with Crippen LogP contribution < -0.4 is 15.5 Å². The number of piperazine rings is 1. The standard InChI is InChI=1S/C23H32ClFN6.HI/c1-23(2,19-7-6-18(25)13-20(19)24)16-29-22(26-3)28-15-17-5-8-21(27-14-17)31-11-9-30(4)10-12-31;/h5-8,13-14H,9-12,15-16H2,1-4H3,(H2,26,28,29);1H. The Bertz CT molecular complexity index is 898. The third-order valence-electron chi connectivity index (χ3n) is 5.68. The Morgan fingerprint density at radius 2 is 1.88 bits per heavy atom. The maximum absolute atomic E-state index is 13.4.